The van der Waals surface area contributed by atoms with E-state index < -0.39 is 0 Å². The average Bonchev–Trinajstić information content (AvgIpc) is 2.46. The van der Waals surface area contributed by atoms with Crippen molar-refractivity contribution in [2.24, 2.45) is 5.73 Å². The largest absolute Gasteiger partial charge is 0.369 e. The molecule has 1 amide bonds. The Balaban J connectivity index is 1.77. The normalized spacial score (nSPS) is 17.2. The molecule has 1 heterocycles. The fraction of sp³-hybridized carbons (Fsp3) is 0.562. The van der Waals surface area contributed by atoms with Gasteiger partial charge in [-0.3, -0.25) is 9.69 Å². The summed E-state index contributed by atoms with van der Waals surface area (Å²) in [4.78, 5) is 13.0. The Morgan fingerprint density at radius 2 is 1.95 bits per heavy atom. The summed E-state index contributed by atoms with van der Waals surface area (Å²) in [7, 11) is 0. The minimum absolute atomic E-state index is 0.228. The Bertz CT molecular complexity index is 439. The van der Waals surface area contributed by atoms with E-state index in [4.69, 9.17) is 5.73 Å². The van der Waals surface area contributed by atoms with Crippen molar-refractivity contribution < 1.29 is 4.79 Å². The van der Waals surface area contributed by atoms with E-state index in [1.807, 2.05) is 0 Å². The fourth-order valence-electron chi connectivity index (χ4n) is 2.84. The molecule has 3 N–H and O–H groups in total. The van der Waals surface area contributed by atoms with Crippen molar-refractivity contribution in [1.29, 1.82) is 0 Å². The summed E-state index contributed by atoms with van der Waals surface area (Å²) in [6.45, 7) is 5.43. The van der Waals surface area contributed by atoms with Crippen molar-refractivity contribution in [1.82, 2.24) is 10.2 Å². The Morgan fingerprint density at radius 3 is 2.55 bits per heavy atom. The molecule has 4 nitrogen and oxygen atoms in total. The summed E-state index contributed by atoms with van der Waals surface area (Å²) in [6, 6.07) is 9.15. The second-order valence-electron chi connectivity index (χ2n) is 5.52. The number of benzene rings is 1. The number of nitrogens with zero attached hydrogens (tertiary/aromatic N) is 1. The number of carbonyl (C=O) groups excluding carboxylic acids is 1. The predicted molar refractivity (Wildman–Crippen MR) is 81.3 cm³/mol. The number of nitrogens with one attached hydrogen (secondary N) is 1. The number of hydrogen-bond acceptors (Lipinski definition) is 3. The van der Waals surface area contributed by atoms with Crippen LogP contribution in [0.2, 0.25) is 0 Å². The Labute approximate surface area is 121 Å². The highest BCUT2D eigenvalue weighted by molar-refractivity contribution is 5.75. The van der Waals surface area contributed by atoms with Crippen LogP contribution in [0.4, 0.5) is 0 Å². The predicted octanol–water partition coefficient (Wildman–Crippen LogP) is 1.29. The van der Waals surface area contributed by atoms with Crippen LogP contribution in [0.25, 0.3) is 0 Å². The van der Waals surface area contributed by atoms with Gasteiger partial charge in [-0.15, -0.1) is 0 Å². The minimum Gasteiger partial charge on any atom is -0.369 e. The molecule has 1 aromatic carbocycles. The first-order chi connectivity index (χ1) is 9.69. The van der Waals surface area contributed by atoms with Crippen LogP contribution >= 0.6 is 0 Å². The molecule has 0 saturated carbocycles. The molecule has 1 fully saturated rings. The second kappa shape index (κ2) is 7.41. The number of rotatable bonds is 6. The van der Waals surface area contributed by atoms with Crippen molar-refractivity contribution in [3.63, 3.8) is 0 Å². The highest BCUT2D eigenvalue weighted by Gasteiger charge is 2.19. The lowest BCUT2D eigenvalue weighted by Crippen LogP contribution is -2.45. The highest BCUT2D eigenvalue weighted by atomic mass is 16.1. The van der Waals surface area contributed by atoms with Crippen molar-refractivity contribution in [2.45, 2.75) is 38.8 Å². The molecule has 1 saturated heterocycles. The molecule has 1 aliphatic heterocycles. The van der Waals surface area contributed by atoms with Gasteiger partial charge in [0.15, 0.2) is 0 Å². The van der Waals surface area contributed by atoms with Crippen molar-refractivity contribution >= 4 is 5.91 Å². The van der Waals surface area contributed by atoms with E-state index in [-0.39, 0.29) is 5.91 Å². The summed E-state index contributed by atoms with van der Waals surface area (Å²) in [5, 5.41) is 3.64. The maximum absolute atomic E-state index is 10.9. The molecule has 1 aliphatic rings. The zero-order valence-corrected chi connectivity index (χ0v) is 12.3. The van der Waals surface area contributed by atoms with Crippen LogP contribution in [0.1, 0.15) is 30.9 Å². The molecule has 0 atom stereocenters. The third-order valence-electron chi connectivity index (χ3n) is 4.05. The van der Waals surface area contributed by atoms with Crippen molar-refractivity contribution in [3.05, 3.63) is 35.4 Å². The third-order valence-corrected chi connectivity index (χ3v) is 4.05. The maximum Gasteiger partial charge on any atom is 0.231 e. The molecule has 4 heteroatoms. The Kier molecular flexibility index (Phi) is 5.56. The SMILES string of the molecule is CCc1ccccc1CNC1CCN(CC(N)=O)CC1. The number of carbonyl (C=O) groups is 1. The van der Waals surface area contributed by atoms with Gasteiger partial charge in [-0.1, -0.05) is 31.2 Å². The highest BCUT2D eigenvalue weighted by Crippen LogP contribution is 2.13. The number of likely N-dealkylation sites (tertiary alicyclic amines) is 1. The summed E-state index contributed by atoms with van der Waals surface area (Å²) in [5.41, 5.74) is 8.05. The molecule has 0 radical (unpaired) electrons. The minimum atomic E-state index is -0.228. The number of amides is 1. The van der Waals surface area contributed by atoms with Crippen LogP contribution in [0, 0.1) is 0 Å². The van der Waals surface area contributed by atoms with Gasteiger partial charge < -0.3 is 11.1 Å². The first kappa shape index (κ1) is 15.0. The van der Waals surface area contributed by atoms with Crippen LogP contribution in [-0.2, 0) is 17.8 Å². The molecular weight excluding hydrogens is 250 g/mol. The standard InChI is InChI=1S/C16H25N3O/c1-2-13-5-3-4-6-14(13)11-18-15-7-9-19(10-8-15)12-16(17)20/h3-6,15,18H,2,7-12H2,1H3,(H2,17,20). The molecule has 0 aliphatic carbocycles. The van der Waals surface area contributed by atoms with Gasteiger partial charge in [0.25, 0.3) is 0 Å². The number of primary amides is 1. The van der Waals surface area contributed by atoms with Crippen LogP contribution in [0.5, 0.6) is 0 Å². The Hall–Kier alpha value is -1.39. The van der Waals surface area contributed by atoms with E-state index in [1.165, 1.54) is 11.1 Å². The van der Waals surface area contributed by atoms with E-state index in [0.29, 0.717) is 12.6 Å². The van der Waals surface area contributed by atoms with E-state index in [2.05, 4.69) is 41.4 Å². The lowest BCUT2D eigenvalue weighted by Gasteiger charge is -2.31. The van der Waals surface area contributed by atoms with Gasteiger partial charge in [-0.2, -0.15) is 0 Å². The molecule has 110 valence electrons. The van der Waals surface area contributed by atoms with E-state index in [0.717, 1.165) is 38.9 Å². The smallest absolute Gasteiger partial charge is 0.231 e. The van der Waals surface area contributed by atoms with Gasteiger partial charge in [0.05, 0.1) is 6.54 Å². The second-order valence-corrected chi connectivity index (χ2v) is 5.52. The van der Waals surface area contributed by atoms with E-state index in [1.54, 1.807) is 0 Å². The molecule has 2 rings (SSSR count). The number of hydrogen-bond donors (Lipinski definition) is 2. The van der Waals surface area contributed by atoms with Gasteiger partial charge in [0, 0.05) is 25.7 Å². The molecule has 0 aromatic heterocycles. The molecule has 0 unspecified atom stereocenters. The molecule has 0 spiro atoms. The van der Waals surface area contributed by atoms with Crippen LogP contribution < -0.4 is 11.1 Å². The monoisotopic (exact) mass is 275 g/mol. The van der Waals surface area contributed by atoms with Gasteiger partial charge in [-0.05, 0) is 30.4 Å². The zero-order valence-electron chi connectivity index (χ0n) is 12.3. The summed E-state index contributed by atoms with van der Waals surface area (Å²) < 4.78 is 0. The van der Waals surface area contributed by atoms with Gasteiger partial charge in [0.1, 0.15) is 0 Å². The lowest BCUT2D eigenvalue weighted by molar-refractivity contribution is -0.119. The van der Waals surface area contributed by atoms with Gasteiger partial charge in [-0.25, -0.2) is 0 Å². The fourth-order valence-corrected chi connectivity index (χ4v) is 2.84. The number of aryl methyl sites for hydroxylation is 1. The molecule has 1 aromatic rings. The summed E-state index contributed by atoms with van der Waals surface area (Å²) >= 11 is 0. The molecule has 20 heavy (non-hydrogen) atoms. The van der Waals surface area contributed by atoms with Gasteiger partial charge in [0.2, 0.25) is 5.91 Å². The topological polar surface area (TPSA) is 58.4 Å². The first-order valence-electron chi connectivity index (χ1n) is 7.50. The Morgan fingerprint density at radius 1 is 1.30 bits per heavy atom. The van der Waals surface area contributed by atoms with Crippen LogP contribution in [0.15, 0.2) is 24.3 Å². The lowest BCUT2D eigenvalue weighted by atomic mass is 10.0. The number of piperidine rings is 1. The van der Waals surface area contributed by atoms with E-state index in [9.17, 15) is 4.79 Å². The average molecular weight is 275 g/mol. The van der Waals surface area contributed by atoms with Crippen LogP contribution in [-0.4, -0.2) is 36.5 Å². The quantitative estimate of drug-likeness (QED) is 0.822. The van der Waals surface area contributed by atoms with E-state index >= 15 is 0 Å². The summed E-state index contributed by atoms with van der Waals surface area (Å²) in [5.74, 6) is -0.228. The van der Waals surface area contributed by atoms with Crippen molar-refractivity contribution in [3.8, 4) is 0 Å². The van der Waals surface area contributed by atoms with Gasteiger partial charge >= 0.3 is 0 Å². The van der Waals surface area contributed by atoms with Crippen LogP contribution in [0.3, 0.4) is 0 Å². The molecule has 0 bridgehead atoms. The first-order valence-corrected chi connectivity index (χ1v) is 7.50. The third kappa shape index (κ3) is 4.32. The van der Waals surface area contributed by atoms with Crippen molar-refractivity contribution in [2.75, 3.05) is 19.6 Å². The molecular formula is C16H25N3O. The zero-order chi connectivity index (χ0) is 14.4. The number of nitrogens with two attached hydrogens (primary N) is 1. The maximum atomic E-state index is 10.9. The summed E-state index contributed by atoms with van der Waals surface area (Å²) in [6.07, 6.45) is 3.25.